The third-order valence-corrected chi connectivity index (χ3v) is 3.13. The number of benzene rings is 2. The number of carbonyl (C=O) groups is 1. The summed E-state index contributed by atoms with van der Waals surface area (Å²) in [6, 6.07) is 14.5. The van der Waals surface area contributed by atoms with E-state index in [-0.39, 0.29) is 11.2 Å². The Kier molecular flexibility index (Phi) is 3.51. The molecule has 0 saturated carbocycles. The van der Waals surface area contributed by atoms with Crippen molar-refractivity contribution in [2.24, 2.45) is 5.41 Å². The molecule has 0 aliphatic heterocycles. The van der Waals surface area contributed by atoms with E-state index < -0.39 is 0 Å². The Morgan fingerprint density at radius 1 is 1.06 bits per heavy atom. The first-order valence-corrected chi connectivity index (χ1v) is 6.33. The molecule has 2 aromatic carbocycles. The molecule has 0 aliphatic carbocycles. The Hall–Kier alpha value is -1.63. The second-order valence-corrected chi connectivity index (χ2v) is 5.66. The molecule has 0 heterocycles. The lowest BCUT2D eigenvalue weighted by Gasteiger charge is -2.16. The minimum atomic E-state index is -0.287. The number of rotatable bonds is 3. The highest BCUT2D eigenvalue weighted by molar-refractivity contribution is 5.93. The average Bonchev–Trinajstić information content (AvgIpc) is 2.34. The van der Waals surface area contributed by atoms with Crippen molar-refractivity contribution in [2.75, 3.05) is 0 Å². The van der Waals surface area contributed by atoms with Gasteiger partial charge in [-0.25, -0.2) is 0 Å². The summed E-state index contributed by atoms with van der Waals surface area (Å²) in [6.07, 6.45) is 2.51. The first kappa shape index (κ1) is 12.8. The number of fused-ring (bicyclic) bond motifs is 1. The molecule has 93 valence electrons. The summed E-state index contributed by atoms with van der Waals surface area (Å²) in [5, 5.41) is 2.46. The van der Waals surface area contributed by atoms with Gasteiger partial charge in [0, 0.05) is 11.8 Å². The summed E-state index contributed by atoms with van der Waals surface area (Å²) < 4.78 is 0. The minimum absolute atomic E-state index is 0.204. The molecule has 0 unspecified atom stereocenters. The zero-order valence-corrected chi connectivity index (χ0v) is 11.2. The Morgan fingerprint density at radius 3 is 2.44 bits per heavy atom. The molecule has 0 atom stereocenters. The van der Waals surface area contributed by atoms with E-state index in [2.05, 4.69) is 24.3 Å². The van der Waals surface area contributed by atoms with Crippen molar-refractivity contribution in [1.82, 2.24) is 0 Å². The van der Waals surface area contributed by atoms with Gasteiger partial charge in [-0.3, -0.25) is 4.79 Å². The molecule has 18 heavy (non-hydrogen) atoms. The summed E-state index contributed by atoms with van der Waals surface area (Å²) in [7, 11) is 0. The highest BCUT2D eigenvalue weighted by Crippen LogP contribution is 2.22. The van der Waals surface area contributed by atoms with Crippen LogP contribution in [0.4, 0.5) is 0 Å². The summed E-state index contributed by atoms with van der Waals surface area (Å²) in [4.78, 5) is 11.9. The van der Waals surface area contributed by atoms with Crippen LogP contribution in [0.2, 0.25) is 0 Å². The molecule has 0 bridgehead atoms. The average molecular weight is 239 g/mol. The predicted octanol–water partition coefficient (Wildman–Crippen LogP) is 4.20. The van der Waals surface area contributed by atoms with E-state index in [1.54, 1.807) is 0 Å². The van der Waals surface area contributed by atoms with E-state index in [9.17, 15) is 4.79 Å². The van der Waals surface area contributed by atoms with Gasteiger partial charge in [-0.15, -0.1) is 0 Å². The third kappa shape index (κ3) is 2.79. The van der Waals surface area contributed by atoms with Crippen LogP contribution in [-0.2, 0) is 11.2 Å². The summed E-state index contributed by atoms with van der Waals surface area (Å²) >= 11 is 0. The smallest absolute Gasteiger partial charge is 0.142 e. The van der Waals surface area contributed by atoms with Crippen LogP contribution in [0.5, 0.6) is 0 Å². The van der Waals surface area contributed by atoms with E-state index >= 15 is 0 Å². The minimum Gasteiger partial charge on any atom is -0.299 e. The molecule has 0 fully saturated rings. The SMILES string of the molecule is CC(C)(C)C(=O)[CH]Cc1cccc2ccccc12. The lowest BCUT2D eigenvalue weighted by atomic mass is 9.87. The van der Waals surface area contributed by atoms with Crippen LogP contribution in [0.25, 0.3) is 10.8 Å². The lowest BCUT2D eigenvalue weighted by Crippen LogP contribution is -2.21. The van der Waals surface area contributed by atoms with Gasteiger partial charge in [0.25, 0.3) is 0 Å². The summed E-state index contributed by atoms with van der Waals surface area (Å²) in [6.45, 7) is 5.86. The van der Waals surface area contributed by atoms with Gasteiger partial charge < -0.3 is 0 Å². The molecule has 1 heteroatoms. The second kappa shape index (κ2) is 4.93. The van der Waals surface area contributed by atoms with E-state index in [0.717, 1.165) is 0 Å². The molecular formula is C17H19O. The van der Waals surface area contributed by atoms with Gasteiger partial charge in [0.05, 0.1) is 0 Å². The second-order valence-electron chi connectivity index (χ2n) is 5.66. The highest BCUT2D eigenvalue weighted by atomic mass is 16.1. The van der Waals surface area contributed by atoms with Crippen molar-refractivity contribution in [2.45, 2.75) is 27.2 Å². The van der Waals surface area contributed by atoms with E-state index in [4.69, 9.17) is 0 Å². The van der Waals surface area contributed by atoms with Crippen molar-refractivity contribution >= 4 is 16.6 Å². The number of carbonyl (C=O) groups excluding carboxylic acids is 1. The van der Waals surface area contributed by atoms with Gasteiger partial charge in [0.15, 0.2) is 0 Å². The van der Waals surface area contributed by atoms with Gasteiger partial charge >= 0.3 is 0 Å². The number of hydrogen-bond acceptors (Lipinski definition) is 1. The van der Waals surface area contributed by atoms with Crippen molar-refractivity contribution in [3.63, 3.8) is 0 Å². The zero-order valence-electron chi connectivity index (χ0n) is 11.2. The molecule has 0 saturated heterocycles. The van der Waals surface area contributed by atoms with Crippen LogP contribution < -0.4 is 0 Å². The Bertz CT molecular complexity index is 556. The van der Waals surface area contributed by atoms with Gasteiger partial charge in [0.2, 0.25) is 0 Å². The van der Waals surface area contributed by atoms with Crippen molar-refractivity contribution in [3.05, 3.63) is 54.4 Å². The third-order valence-electron chi connectivity index (χ3n) is 3.13. The number of Topliss-reactive ketones (excluding diaryl/α,β-unsaturated/α-hetero) is 1. The molecular weight excluding hydrogens is 220 g/mol. The van der Waals surface area contributed by atoms with Crippen LogP contribution in [0.15, 0.2) is 42.5 Å². The first-order chi connectivity index (χ1) is 8.48. The summed E-state index contributed by atoms with van der Waals surface area (Å²) in [5.74, 6) is 0.204. The fraction of sp³-hybridized carbons (Fsp3) is 0.294. The highest BCUT2D eigenvalue weighted by Gasteiger charge is 2.20. The molecule has 1 radical (unpaired) electrons. The largest absolute Gasteiger partial charge is 0.299 e. The van der Waals surface area contributed by atoms with Crippen molar-refractivity contribution in [3.8, 4) is 0 Å². The van der Waals surface area contributed by atoms with Gasteiger partial charge in [-0.2, -0.15) is 0 Å². The van der Waals surface area contributed by atoms with Gasteiger partial charge in [-0.1, -0.05) is 63.2 Å². The van der Waals surface area contributed by atoms with Crippen molar-refractivity contribution in [1.29, 1.82) is 0 Å². The number of ketones is 1. The quantitative estimate of drug-likeness (QED) is 0.784. The van der Waals surface area contributed by atoms with Gasteiger partial charge in [-0.05, 0) is 22.8 Å². The van der Waals surface area contributed by atoms with Crippen LogP contribution in [0, 0.1) is 11.8 Å². The Labute approximate surface area is 109 Å². The fourth-order valence-corrected chi connectivity index (χ4v) is 1.98. The lowest BCUT2D eigenvalue weighted by molar-refractivity contribution is -0.122. The molecule has 2 rings (SSSR count). The molecule has 0 N–H and O–H groups in total. The normalized spacial score (nSPS) is 11.7. The maximum atomic E-state index is 11.9. The Morgan fingerprint density at radius 2 is 1.72 bits per heavy atom. The first-order valence-electron chi connectivity index (χ1n) is 6.33. The fourth-order valence-electron chi connectivity index (χ4n) is 1.98. The maximum Gasteiger partial charge on any atom is 0.142 e. The van der Waals surface area contributed by atoms with E-state index in [0.29, 0.717) is 6.42 Å². The van der Waals surface area contributed by atoms with Crippen LogP contribution in [0.3, 0.4) is 0 Å². The van der Waals surface area contributed by atoms with Crippen LogP contribution in [0.1, 0.15) is 26.3 Å². The van der Waals surface area contributed by atoms with Crippen molar-refractivity contribution < 1.29 is 4.79 Å². The van der Waals surface area contributed by atoms with Crippen LogP contribution in [-0.4, -0.2) is 5.78 Å². The Balaban J connectivity index is 2.20. The van der Waals surface area contributed by atoms with Gasteiger partial charge in [0.1, 0.15) is 5.78 Å². The molecule has 0 aromatic heterocycles. The standard InChI is InChI=1S/C17H19O/c1-17(2,3)16(18)12-11-14-9-6-8-13-7-4-5-10-15(13)14/h4-10,12H,11H2,1-3H3. The number of hydrogen-bond donors (Lipinski definition) is 0. The molecule has 1 nitrogen and oxygen atoms in total. The van der Waals surface area contributed by atoms with E-state index in [1.807, 2.05) is 45.4 Å². The molecule has 0 amide bonds. The summed E-state index contributed by atoms with van der Waals surface area (Å²) in [5.41, 5.74) is 0.926. The van der Waals surface area contributed by atoms with E-state index in [1.165, 1.54) is 16.3 Å². The molecule has 0 aliphatic rings. The predicted molar refractivity (Wildman–Crippen MR) is 76.4 cm³/mol. The molecule has 2 aromatic rings. The zero-order chi connectivity index (χ0) is 13.2. The topological polar surface area (TPSA) is 17.1 Å². The molecule has 0 spiro atoms. The maximum absolute atomic E-state index is 11.9. The van der Waals surface area contributed by atoms with Crippen LogP contribution >= 0.6 is 0 Å². The monoisotopic (exact) mass is 239 g/mol.